The molecule has 0 bridgehead atoms. The molecule has 6 heteroatoms. The molecule has 0 radical (unpaired) electrons. The standard InChI is InChI=1S/C12H13BrN4O/c1-7-5-9(3-4-10(7)13)18-12-8(2)11(17-14)15-6-16-12/h3-6H,14H2,1-2H3,(H,15,16,17). The van der Waals surface area contributed by atoms with Gasteiger partial charge in [0.2, 0.25) is 5.88 Å². The number of hydrogen-bond acceptors (Lipinski definition) is 5. The summed E-state index contributed by atoms with van der Waals surface area (Å²) in [4.78, 5) is 8.09. The lowest BCUT2D eigenvalue weighted by molar-refractivity contribution is 0.457. The van der Waals surface area contributed by atoms with Crippen molar-refractivity contribution in [3.05, 3.63) is 40.1 Å². The number of hydrazine groups is 1. The number of nitrogens with one attached hydrogen (secondary N) is 1. The molecule has 0 fully saturated rings. The third kappa shape index (κ3) is 2.60. The van der Waals surface area contributed by atoms with Crippen LogP contribution in [-0.4, -0.2) is 9.97 Å². The van der Waals surface area contributed by atoms with E-state index < -0.39 is 0 Å². The molecule has 1 heterocycles. The second-order valence-corrected chi connectivity index (χ2v) is 4.66. The monoisotopic (exact) mass is 308 g/mol. The molecule has 0 amide bonds. The van der Waals surface area contributed by atoms with Gasteiger partial charge in [-0.15, -0.1) is 0 Å². The average molecular weight is 309 g/mol. The zero-order valence-electron chi connectivity index (χ0n) is 10.1. The Morgan fingerprint density at radius 2 is 2.06 bits per heavy atom. The average Bonchev–Trinajstić information content (AvgIpc) is 2.36. The number of hydrogen-bond donors (Lipinski definition) is 2. The topological polar surface area (TPSA) is 73.1 Å². The Morgan fingerprint density at radius 3 is 2.72 bits per heavy atom. The van der Waals surface area contributed by atoms with Gasteiger partial charge < -0.3 is 10.2 Å². The normalized spacial score (nSPS) is 10.2. The van der Waals surface area contributed by atoms with Gasteiger partial charge >= 0.3 is 0 Å². The first-order valence-electron chi connectivity index (χ1n) is 5.34. The van der Waals surface area contributed by atoms with Crippen molar-refractivity contribution in [1.82, 2.24) is 9.97 Å². The third-order valence-electron chi connectivity index (χ3n) is 2.52. The molecule has 5 nitrogen and oxygen atoms in total. The minimum Gasteiger partial charge on any atom is -0.439 e. The van der Waals surface area contributed by atoms with E-state index in [-0.39, 0.29) is 0 Å². The number of anilines is 1. The quantitative estimate of drug-likeness (QED) is 0.673. The summed E-state index contributed by atoms with van der Waals surface area (Å²) in [5.74, 6) is 7.11. The maximum absolute atomic E-state index is 5.72. The van der Waals surface area contributed by atoms with Crippen LogP contribution in [0, 0.1) is 13.8 Å². The fraction of sp³-hybridized carbons (Fsp3) is 0.167. The molecule has 0 aliphatic carbocycles. The number of halogens is 1. The van der Waals surface area contributed by atoms with E-state index in [1.54, 1.807) is 0 Å². The minimum atomic E-state index is 0.486. The van der Waals surface area contributed by atoms with Gasteiger partial charge in [-0.1, -0.05) is 15.9 Å². The number of aryl methyl sites for hydroxylation is 1. The largest absolute Gasteiger partial charge is 0.439 e. The number of ether oxygens (including phenoxy) is 1. The first-order valence-corrected chi connectivity index (χ1v) is 6.13. The van der Waals surface area contributed by atoms with Gasteiger partial charge in [0.1, 0.15) is 17.9 Å². The van der Waals surface area contributed by atoms with Crippen molar-refractivity contribution in [3.63, 3.8) is 0 Å². The highest BCUT2D eigenvalue weighted by molar-refractivity contribution is 9.10. The van der Waals surface area contributed by atoms with E-state index in [4.69, 9.17) is 10.6 Å². The van der Waals surface area contributed by atoms with Crippen LogP contribution in [0.3, 0.4) is 0 Å². The lowest BCUT2D eigenvalue weighted by atomic mass is 10.2. The van der Waals surface area contributed by atoms with Gasteiger partial charge in [0.25, 0.3) is 0 Å². The Hall–Kier alpha value is -1.66. The Labute approximate surface area is 113 Å². The van der Waals surface area contributed by atoms with Crippen LogP contribution in [0.1, 0.15) is 11.1 Å². The van der Waals surface area contributed by atoms with Crippen molar-refractivity contribution in [2.75, 3.05) is 5.43 Å². The molecule has 0 atom stereocenters. The summed E-state index contributed by atoms with van der Waals surface area (Å²) in [5, 5.41) is 0. The van der Waals surface area contributed by atoms with Crippen molar-refractivity contribution in [3.8, 4) is 11.6 Å². The summed E-state index contributed by atoms with van der Waals surface area (Å²) < 4.78 is 6.76. The van der Waals surface area contributed by atoms with E-state index in [9.17, 15) is 0 Å². The van der Waals surface area contributed by atoms with E-state index in [1.807, 2.05) is 32.0 Å². The van der Waals surface area contributed by atoms with Crippen LogP contribution < -0.4 is 16.0 Å². The Morgan fingerprint density at radius 1 is 1.28 bits per heavy atom. The number of nitrogen functional groups attached to an aromatic ring is 1. The smallest absolute Gasteiger partial charge is 0.227 e. The van der Waals surface area contributed by atoms with Crippen LogP contribution in [0.4, 0.5) is 5.82 Å². The lowest BCUT2D eigenvalue weighted by Gasteiger charge is -2.10. The molecule has 0 saturated carbocycles. The van der Waals surface area contributed by atoms with E-state index in [1.165, 1.54) is 6.33 Å². The first kappa shape index (κ1) is 12.8. The Bertz CT molecular complexity index is 574. The zero-order valence-corrected chi connectivity index (χ0v) is 11.7. The molecule has 0 unspecified atom stereocenters. The van der Waals surface area contributed by atoms with Crippen LogP contribution in [0.2, 0.25) is 0 Å². The molecule has 1 aromatic heterocycles. The molecule has 2 aromatic rings. The van der Waals surface area contributed by atoms with Crippen molar-refractivity contribution < 1.29 is 4.74 Å². The number of benzene rings is 1. The highest BCUT2D eigenvalue weighted by Gasteiger charge is 2.08. The van der Waals surface area contributed by atoms with Gasteiger partial charge in [-0.05, 0) is 37.6 Å². The van der Waals surface area contributed by atoms with Crippen LogP contribution in [-0.2, 0) is 0 Å². The van der Waals surface area contributed by atoms with Gasteiger partial charge in [-0.3, -0.25) is 0 Å². The summed E-state index contributed by atoms with van der Waals surface area (Å²) in [6.45, 7) is 3.84. The molecule has 2 rings (SSSR count). The van der Waals surface area contributed by atoms with Crippen molar-refractivity contribution in [1.29, 1.82) is 0 Å². The van der Waals surface area contributed by atoms with Gasteiger partial charge in [0.05, 0.1) is 5.56 Å². The van der Waals surface area contributed by atoms with E-state index in [0.29, 0.717) is 11.7 Å². The van der Waals surface area contributed by atoms with Crippen molar-refractivity contribution >= 4 is 21.7 Å². The molecule has 1 aromatic carbocycles. The fourth-order valence-corrected chi connectivity index (χ4v) is 1.72. The maximum Gasteiger partial charge on any atom is 0.227 e. The summed E-state index contributed by atoms with van der Waals surface area (Å²) in [6, 6.07) is 5.73. The summed E-state index contributed by atoms with van der Waals surface area (Å²) >= 11 is 3.44. The van der Waals surface area contributed by atoms with E-state index >= 15 is 0 Å². The number of nitrogens with two attached hydrogens (primary N) is 1. The summed E-state index contributed by atoms with van der Waals surface area (Å²) in [6.07, 6.45) is 1.41. The molecule has 94 valence electrons. The molecule has 18 heavy (non-hydrogen) atoms. The van der Waals surface area contributed by atoms with Crippen molar-refractivity contribution in [2.24, 2.45) is 5.84 Å². The van der Waals surface area contributed by atoms with Crippen LogP contribution >= 0.6 is 15.9 Å². The predicted molar refractivity (Wildman–Crippen MR) is 73.5 cm³/mol. The summed E-state index contributed by atoms with van der Waals surface area (Å²) in [5.41, 5.74) is 4.36. The van der Waals surface area contributed by atoms with Gasteiger partial charge in [-0.2, -0.15) is 0 Å². The Balaban J connectivity index is 2.31. The van der Waals surface area contributed by atoms with Crippen molar-refractivity contribution in [2.45, 2.75) is 13.8 Å². The maximum atomic E-state index is 5.72. The lowest BCUT2D eigenvalue weighted by Crippen LogP contribution is -2.11. The fourth-order valence-electron chi connectivity index (χ4n) is 1.47. The number of aromatic nitrogens is 2. The van der Waals surface area contributed by atoms with Crippen LogP contribution in [0.25, 0.3) is 0 Å². The molecular weight excluding hydrogens is 296 g/mol. The zero-order chi connectivity index (χ0) is 13.1. The van der Waals surface area contributed by atoms with E-state index in [2.05, 4.69) is 31.3 Å². The molecule has 0 aliphatic heterocycles. The van der Waals surface area contributed by atoms with E-state index in [0.717, 1.165) is 21.3 Å². The predicted octanol–water partition coefficient (Wildman–Crippen LogP) is 2.93. The van der Waals surface area contributed by atoms with Gasteiger partial charge in [0.15, 0.2) is 0 Å². The third-order valence-corrected chi connectivity index (χ3v) is 3.41. The molecule has 0 aliphatic rings. The van der Waals surface area contributed by atoms with Gasteiger partial charge in [-0.25, -0.2) is 15.8 Å². The molecule has 0 saturated heterocycles. The minimum absolute atomic E-state index is 0.486. The highest BCUT2D eigenvalue weighted by atomic mass is 79.9. The summed E-state index contributed by atoms with van der Waals surface area (Å²) in [7, 11) is 0. The molecule has 3 N–H and O–H groups in total. The Kier molecular flexibility index (Phi) is 3.78. The first-order chi connectivity index (χ1) is 8.61. The second-order valence-electron chi connectivity index (χ2n) is 3.81. The molecular formula is C12H13BrN4O. The molecule has 0 spiro atoms. The van der Waals surface area contributed by atoms with Crippen LogP contribution in [0.15, 0.2) is 29.0 Å². The SMILES string of the molecule is Cc1cc(Oc2ncnc(NN)c2C)ccc1Br. The highest BCUT2D eigenvalue weighted by Crippen LogP contribution is 2.28. The second kappa shape index (κ2) is 5.32. The number of nitrogens with zero attached hydrogens (tertiary/aromatic N) is 2. The van der Waals surface area contributed by atoms with Crippen LogP contribution in [0.5, 0.6) is 11.6 Å². The number of rotatable bonds is 3. The van der Waals surface area contributed by atoms with Gasteiger partial charge in [0, 0.05) is 4.47 Å².